The molecule has 7 nitrogen and oxygen atoms in total. The fourth-order valence-corrected chi connectivity index (χ4v) is 7.22. The smallest absolute Gasteiger partial charge is 0.269 e. The summed E-state index contributed by atoms with van der Waals surface area (Å²) in [6.07, 6.45) is 6.01. The Bertz CT molecular complexity index is 1060. The number of halogens is 1. The number of ether oxygens (including phenoxy) is 2. The summed E-state index contributed by atoms with van der Waals surface area (Å²) >= 11 is 6.45. The Balaban J connectivity index is 1.28. The summed E-state index contributed by atoms with van der Waals surface area (Å²) in [6.45, 7) is 0.234. The SMILES string of the molecule is COC1(c2ccc(Cl)c(OCc3ccc([N+](=O)[O-])cc3)c2)OOC12C1CC3CC(C1)CC2C3. The summed E-state index contributed by atoms with van der Waals surface area (Å²) in [5.41, 5.74) is 1.22. The lowest BCUT2D eigenvalue weighted by molar-refractivity contribution is -0.645. The van der Waals surface area contributed by atoms with Crippen LogP contribution in [0.4, 0.5) is 5.69 Å². The first kappa shape index (κ1) is 21.4. The highest BCUT2D eigenvalue weighted by Crippen LogP contribution is 2.69. The molecule has 0 N–H and O–H groups in total. The van der Waals surface area contributed by atoms with Crippen molar-refractivity contribution < 1.29 is 24.2 Å². The zero-order valence-electron chi connectivity index (χ0n) is 18.4. The van der Waals surface area contributed by atoms with Crippen molar-refractivity contribution in [3.05, 3.63) is 68.7 Å². The number of hydrogen-bond acceptors (Lipinski definition) is 6. The van der Waals surface area contributed by atoms with Gasteiger partial charge in [-0.15, -0.1) is 0 Å². The van der Waals surface area contributed by atoms with E-state index in [1.807, 2.05) is 12.1 Å². The summed E-state index contributed by atoms with van der Waals surface area (Å²) < 4.78 is 12.1. The summed E-state index contributed by atoms with van der Waals surface area (Å²) in [5, 5.41) is 11.4. The number of nitrogens with zero attached hydrogens (tertiary/aromatic N) is 1. The molecule has 5 fully saturated rings. The van der Waals surface area contributed by atoms with E-state index in [4.69, 9.17) is 30.8 Å². The molecule has 1 heterocycles. The molecule has 0 amide bonds. The van der Waals surface area contributed by atoms with E-state index in [0.717, 1.165) is 23.0 Å². The van der Waals surface area contributed by atoms with Gasteiger partial charge in [-0.25, -0.2) is 4.89 Å². The molecule has 8 heteroatoms. The van der Waals surface area contributed by atoms with E-state index in [9.17, 15) is 10.1 Å². The van der Waals surface area contributed by atoms with Gasteiger partial charge in [0.05, 0.1) is 9.95 Å². The molecular formula is C25H26ClNO6. The number of nitro groups is 1. The van der Waals surface area contributed by atoms with E-state index >= 15 is 0 Å². The molecule has 1 aliphatic heterocycles. The Hall–Kier alpha value is -2.19. The van der Waals surface area contributed by atoms with Crippen LogP contribution in [0.25, 0.3) is 0 Å². The molecule has 0 radical (unpaired) electrons. The van der Waals surface area contributed by atoms with E-state index in [1.165, 1.54) is 44.2 Å². The van der Waals surface area contributed by atoms with Gasteiger partial charge in [0.2, 0.25) is 0 Å². The highest BCUT2D eigenvalue weighted by atomic mass is 35.5. The molecule has 33 heavy (non-hydrogen) atoms. The molecule has 5 aliphatic rings. The monoisotopic (exact) mass is 471 g/mol. The second-order valence-corrected chi connectivity index (χ2v) is 10.3. The predicted octanol–water partition coefficient (Wildman–Crippen LogP) is 5.78. The topological polar surface area (TPSA) is 80.1 Å². The van der Waals surface area contributed by atoms with Crippen LogP contribution in [-0.2, 0) is 26.9 Å². The maximum Gasteiger partial charge on any atom is 0.269 e. The van der Waals surface area contributed by atoms with Crippen LogP contribution >= 0.6 is 11.6 Å². The van der Waals surface area contributed by atoms with Crippen LogP contribution in [0.1, 0.15) is 43.2 Å². The van der Waals surface area contributed by atoms with E-state index in [-0.39, 0.29) is 12.3 Å². The fourth-order valence-electron chi connectivity index (χ4n) is 7.05. The Morgan fingerprint density at radius 2 is 1.70 bits per heavy atom. The van der Waals surface area contributed by atoms with Crippen LogP contribution in [0.2, 0.25) is 5.02 Å². The van der Waals surface area contributed by atoms with Crippen molar-refractivity contribution in [3.63, 3.8) is 0 Å². The number of methoxy groups -OCH3 is 1. The quantitative estimate of drug-likeness (QED) is 0.301. The van der Waals surface area contributed by atoms with E-state index in [0.29, 0.717) is 22.6 Å². The summed E-state index contributed by atoms with van der Waals surface area (Å²) in [4.78, 5) is 22.3. The van der Waals surface area contributed by atoms with E-state index in [2.05, 4.69) is 0 Å². The lowest BCUT2D eigenvalue weighted by Gasteiger charge is -2.68. The molecule has 1 atom stereocenters. The second-order valence-electron chi connectivity index (χ2n) is 9.94. The number of benzene rings is 2. The zero-order chi connectivity index (χ0) is 22.8. The molecule has 2 aromatic carbocycles. The van der Waals surface area contributed by atoms with Crippen LogP contribution in [-0.4, -0.2) is 17.6 Å². The molecule has 1 unspecified atom stereocenters. The third kappa shape index (κ3) is 3.06. The maximum atomic E-state index is 10.9. The zero-order valence-corrected chi connectivity index (χ0v) is 19.1. The summed E-state index contributed by atoms with van der Waals surface area (Å²) in [5.74, 6) is 1.96. The van der Waals surface area contributed by atoms with Gasteiger partial charge in [0.25, 0.3) is 11.5 Å². The highest BCUT2D eigenvalue weighted by molar-refractivity contribution is 6.32. The Morgan fingerprint density at radius 3 is 2.24 bits per heavy atom. The minimum Gasteiger partial charge on any atom is -0.487 e. The van der Waals surface area contributed by atoms with Crippen molar-refractivity contribution in [2.24, 2.45) is 23.7 Å². The van der Waals surface area contributed by atoms with Crippen molar-refractivity contribution in [1.29, 1.82) is 0 Å². The van der Waals surface area contributed by atoms with Gasteiger partial charge in [0.15, 0.2) is 5.60 Å². The van der Waals surface area contributed by atoms with Gasteiger partial charge in [0, 0.05) is 24.8 Å². The van der Waals surface area contributed by atoms with Crippen LogP contribution in [0, 0.1) is 33.8 Å². The first-order valence-electron chi connectivity index (χ1n) is 11.5. The van der Waals surface area contributed by atoms with Gasteiger partial charge in [0.1, 0.15) is 12.4 Å². The van der Waals surface area contributed by atoms with Gasteiger partial charge in [-0.1, -0.05) is 17.7 Å². The molecule has 1 saturated heterocycles. The predicted molar refractivity (Wildman–Crippen MR) is 120 cm³/mol. The molecule has 4 saturated carbocycles. The number of non-ortho nitro benzene ring substituents is 1. The lowest BCUT2D eigenvalue weighted by Crippen LogP contribution is -2.76. The molecule has 174 valence electrons. The van der Waals surface area contributed by atoms with Crippen molar-refractivity contribution >= 4 is 17.3 Å². The molecule has 2 aromatic rings. The number of hydrogen-bond donors (Lipinski definition) is 0. The van der Waals surface area contributed by atoms with Crippen LogP contribution in [0.3, 0.4) is 0 Å². The van der Waals surface area contributed by atoms with Crippen molar-refractivity contribution in [3.8, 4) is 5.75 Å². The number of nitro benzene ring substituents is 1. The molecule has 7 rings (SSSR count). The van der Waals surface area contributed by atoms with Gasteiger partial charge in [-0.3, -0.25) is 10.1 Å². The van der Waals surface area contributed by atoms with Gasteiger partial charge >= 0.3 is 0 Å². The summed E-state index contributed by atoms with van der Waals surface area (Å²) in [7, 11) is 1.68. The Morgan fingerprint density at radius 1 is 1.03 bits per heavy atom. The Kier molecular flexibility index (Phi) is 4.96. The van der Waals surface area contributed by atoms with Crippen LogP contribution in [0.5, 0.6) is 5.75 Å². The molecule has 1 spiro atoms. The third-order valence-electron chi connectivity index (χ3n) is 8.30. The average Bonchev–Trinajstić information content (AvgIpc) is 2.79. The van der Waals surface area contributed by atoms with Crippen LogP contribution < -0.4 is 4.74 Å². The first-order valence-corrected chi connectivity index (χ1v) is 11.9. The van der Waals surface area contributed by atoms with E-state index in [1.54, 1.807) is 25.3 Å². The van der Waals surface area contributed by atoms with Crippen molar-refractivity contribution in [1.82, 2.24) is 0 Å². The van der Waals surface area contributed by atoms with Crippen molar-refractivity contribution in [2.45, 2.75) is 50.1 Å². The van der Waals surface area contributed by atoms with Gasteiger partial charge in [-0.2, -0.15) is 4.89 Å². The van der Waals surface area contributed by atoms with E-state index < -0.39 is 16.3 Å². The largest absolute Gasteiger partial charge is 0.487 e. The van der Waals surface area contributed by atoms with Gasteiger partial charge < -0.3 is 9.47 Å². The fraction of sp³-hybridized carbons (Fsp3) is 0.520. The average molecular weight is 472 g/mol. The summed E-state index contributed by atoms with van der Waals surface area (Å²) in [6, 6.07) is 11.9. The van der Waals surface area contributed by atoms with Gasteiger partial charge in [-0.05, 0) is 85.6 Å². The first-order chi connectivity index (χ1) is 15.9. The van der Waals surface area contributed by atoms with Crippen molar-refractivity contribution in [2.75, 3.05) is 7.11 Å². The normalized spacial score (nSPS) is 36.1. The minimum atomic E-state index is -0.980. The molecule has 4 bridgehead atoms. The minimum absolute atomic E-state index is 0.0453. The molecule has 4 aliphatic carbocycles. The standard InChI is InChI=1S/C25H26ClNO6/c1-30-25(24(32-33-25)19-9-16-8-17(11-19)12-20(24)10-16)18-4-7-22(26)23(13-18)31-14-15-2-5-21(6-3-15)27(28)29/h2-7,13,16-17,19-20H,8-12,14H2,1H3. The third-order valence-corrected chi connectivity index (χ3v) is 8.61. The highest BCUT2D eigenvalue weighted by Gasteiger charge is 2.76. The Labute approximate surface area is 197 Å². The molecular weight excluding hydrogens is 446 g/mol. The lowest BCUT2D eigenvalue weighted by atomic mass is 9.47. The molecule has 0 aromatic heterocycles. The van der Waals surface area contributed by atoms with Crippen LogP contribution in [0.15, 0.2) is 42.5 Å². The maximum absolute atomic E-state index is 10.9. The second kappa shape index (κ2) is 7.67. The number of rotatable bonds is 6.